The molecule has 0 heterocycles. The van der Waals surface area contributed by atoms with Crippen LogP contribution in [0.4, 0.5) is 5.69 Å². The Hall–Kier alpha value is -2.09. The molecule has 0 N–H and O–H groups in total. The van der Waals surface area contributed by atoms with Gasteiger partial charge in [-0.05, 0) is 53.2 Å². The smallest absolute Gasteiger partial charge is 0.143 e. The first kappa shape index (κ1) is 16.3. The van der Waals surface area contributed by atoms with Gasteiger partial charge in [0.15, 0.2) is 0 Å². The number of carbonyl (C=O) groups is 1. The number of rotatable bonds is 4. The van der Waals surface area contributed by atoms with Crippen LogP contribution in [-0.4, -0.2) is 20.4 Å². The van der Waals surface area contributed by atoms with Gasteiger partial charge in [0.1, 0.15) is 6.29 Å². The highest BCUT2D eigenvalue weighted by atomic mass is 16.1. The van der Waals surface area contributed by atoms with Gasteiger partial charge < -0.3 is 4.90 Å². The number of hydrogen-bond donors (Lipinski definition) is 0. The molecule has 0 saturated heterocycles. The Morgan fingerprint density at radius 3 is 2.32 bits per heavy atom. The quantitative estimate of drug-likeness (QED) is 0.596. The van der Waals surface area contributed by atoms with Crippen LogP contribution in [0.5, 0.6) is 0 Å². The fourth-order valence-corrected chi connectivity index (χ4v) is 2.90. The molecule has 0 aliphatic heterocycles. The van der Waals surface area contributed by atoms with Gasteiger partial charge in [0, 0.05) is 19.8 Å². The highest BCUT2D eigenvalue weighted by Crippen LogP contribution is 2.38. The van der Waals surface area contributed by atoms with Crippen molar-refractivity contribution in [3.63, 3.8) is 0 Å². The second-order valence-corrected chi connectivity index (χ2v) is 6.93. The van der Waals surface area contributed by atoms with Gasteiger partial charge in [0.25, 0.3) is 0 Å². The Morgan fingerprint density at radius 2 is 1.73 bits per heavy atom. The summed E-state index contributed by atoms with van der Waals surface area (Å²) in [5, 5.41) is 0. The number of allylic oxidation sites excluding steroid dienone is 5. The molecule has 2 nitrogen and oxygen atoms in total. The molecular formula is C20H25NO. The van der Waals surface area contributed by atoms with Crippen molar-refractivity contribution in [2.24, 2.45) is 5.41 Å². The third-order valence-corrected chi connectivity index (χ3v) is 3.92. The van der Waals surface area contributed by atoms with E-state index in [0.717, 1.165) is 24.7 Å². The minimum Gasteiger partial charge on any atom is -0.378 e. The zero-order valence-electron chi connectivity index (χ0n) is 14.0. The Labute approximate surface area is 133 Å². The molecule has 0 fully saturated rings. The number of carbonyl (C=O) groups excluding carboxylic acids is 1. The van der Waals surface area contributed by atoms with Gasteiger partial charge in [0.2, 0.25) is 0 Å². The summed E-state index contributed by atoms with van der Waals surface area (Å²) < 4.78 is 0. The first-order chi connectivity index (χ1) is 10.4. The predicted molar refractivity (Wildman–Crippen MR) is 95.0 cm³/mol. The summed E-state index contributed by atoms with van der Waals surface area (Å²) in [4.78, 5) is 12.8. The van der Waals surface area contributed by atoms with E-state index < -0.39 is 0 Å². The number of benzene rings is 1. The van der Waals surface area contributed by atoms with Gasteiger partial charge in [-0.2, -0.15) is 0 Å². The van der Waals surface area contributed by atoms with Gasteiger partial charge in [0.05, 0.1) is 0 Å². The lowest BCUT2D eigenvalue weighted by Gasteiger charge is -2.30. The van der Waals surface area contributed by atoms with E-state index in [1.165, 1.54) is 16.8 Å². The summed E-state index contributed by atoms with van der Waals surface area (Å²) in [6.45, 7) is 4.50. The highest BCUT2D eigenvalue weighted by Gasteiger charge is 2.24. The number of aldehydes is 1. The molecular weight excluding hydrogens is 270 g/mol. The van der Waals surface area contributed by atoms with E-state index in [2.05, 4.69) is 61.2 Å². The average Bonchev–Trinajstić information content (AvgIpc) is 2.44. The molecule has 0 radical (unpaired) electrons. The molecule has 0 aromatic heterocycles. The Morgan fingerprint density at radius 1 is 1.05 bits per heavy atom. The first-order valence-electron chi connectivity index (χ1n) is 7.70. The summed E-state index contributed by atoms with van der Waals surface area (Å²) in [6, 6.07) is 8.50. The van der Waals surface area contributed by atoms with Crippen molar-refractivity contribution in [1.29, 1.82) is 0 Å². The molecule has 0 spiro atoms. The molecule has 1 aromatic rings. The van der Waals surface area contributed by atoms with Crippen molar-refractivity contribution in [3.8, 4) is 0 Å². The van der Waals surface area contributed by atoms with Crippen LogP contribution in [0, 0.1) is 5.41 Å². The van der Waals surface area contributed by atoms with Gasteiger partial charge in [-0.15, -0.1) is 0 Å². The zero-order valence-corrected chi connectivity index (χ0v) is 14.0. The normalized spacial score (nSPS) is 19.3. The summed E-state index contributed by atoms with van der Waals surface area (Å²) in [6.07, 6.45) is 11.0. The number of anilines is 1. The van der Waals surface area contributed by atoms with Crippen LogP contribution in [-0.2, 0) is 4.79 Å². The van der Waals surface area contributed by atoms with Gasteiger partial charge in [-0.25, -0.2) is 0 Å². The van der Waals surface area contributed by atoms with Crippen LogP contribution in [0.3, 0.4) is 0 Å². The third kappa shape index (κ3) is 4.45. The fraction of sp³-hybridized carbons (Fsp3) is 0.350. The number of nitrogens with zero attached hydrogens (tertiary/aromatic N) is 1. The molecule has 1 aromatic carbocycles. The monoisotopic (exact) mass is 295 g/mol. The van der Waals surface area contributed by atoms with E-state index in [1.54, 1.807) is 6.08 Å². The van der Waals surface area contributed by atoms with Crippen molar-refractivity contribution < 1.29 is 4.79 Å². The Kier molecular flexibility index (Phi) is 5.02. The van der Waals surface area contributed by atoms with Crippen molar-refractivity contribution in [1.82, 2.24) is 0 Å². The summed E-state index contributed by atoms with van der Waals surface area (Å²) in [5.74, 6) is 0. The van der Waals surface area contributed by atoms with Crippen molar-refractivity contribution in [2.75, 3.05) is 19.0 Å². The van der Waals surface area contributed by atoms with Crippen molar-refractivity contribution in [3.05, 3.63) is 59.2 Å². The van der Waals surface area contributed by atoms with Crippen LogP contribution < -0.4 is 4.90 Å². The molecule has 1 aliphatic rings. The molecule has 2 heteroatoms. The molecule has 0 atom stereocenters. The lowest BCUT2D eigenvalue weighted by Crippen LogP contribution is -2.16. The zero-order chi connectivity index (χ0) is 16.2. The van der Waals surface area contributed by atoms with E-state index in [4.69, 9.17) is 0 Å². The topological polar surface area (TPSA) is 20.3 Å². The molecule has 0 unspecified atom stereocenters. The predicted octanol–water partition coefficient (Wildman–Crippen LogP) is 4.64. The lowest BCUT2D eigenvalue weighted by molar-refractivity contribution is -0.104. The van der Waals surface area contributed by atoms with E-state index in [1.807, 2.05) is 14.1 Å². The fourth-order valence-electron chi connectivity index (χ4n) is 2.90. The largest absolute Gasteiger partial charge is 0.378 e. The molecule has 0 saturated carbocycles. The standard InChI is InChI=1S/C20H25NO/c1-20(2)14-17(13-18(15-20)11-12-22)6-5-16-7-9-19(10-8-16)21(3)4/h5-13H,14-15H2,1-4H3/b6-5+,18-11-. The van der Waals surface area contributed by atoms with Crippen LogP contribution in [0.25, 0.3) is 6.08 Å². The van der Waals surface area contributed by atoms with Crippen LogP contribution in [0.2, 0.25) is 0 Å². The Balaban J connectivity index is 2.17. The summed E-state index contributed by atoms with van der Waals surface area (Å²) >= 11 is 0. The van der Waals surface area contributed by atoms with Crippen molar-refractivity contribution in [2.45, 2.75) is 26.7 Å². The Bertz CT molecular complexity index is 616. The second kappa shape index (κ2) is 6.78. The van der Waals surface area contributed by atoms with E-state index >= 15 is 0 Å². The average molecular weight is 295 g/mol. The second-order valence-electron chi connectivity index (χ2n) is 6.93. The van der Waals surface area contributed by atoms with Crippen LogP contribution in [0.15, 0.2) is 53.6 Å². The van der Waals surface area contributed by atoms with Crippen LogP contribution >= 0.6 is 0 Å². The molecule has 1 aliphatic carbocycles. The van der Waals surface area contributed by atoms with Gasteiger partial charge in [-0.3, -0.25) is 4.79 Å². The minimum atomic E-state index is 0.206. The van der Waals surface area contributed by atoms with Gasteiger partial charge >= 0.3 is 0 Å². The highest BCUT2D eigenvalue weighted by molar-refractivity contribution is 5.68. The first-order valence-corrected chi connectivity index (χ1v) is 7.70. The van der Waals surface area contributed by atoms with E-state index in [9.17, 15) is 4.79 Å². The summed E-state index contributed by atoms with van der Waals surface area (Å²) in [5.41, 5.74) is 5.00. The van der Waals surface area contributed by atoms with Crippen LogP contribution in [0.1, 0.15) is 32.3 Å². The van der Waals surface area contributed by atoms with E-state index in [0.29, 0.717) is 0 Å². The number of hydrogen-bond acceptors (Lipinski definition) is 2. The maximum absolute atomic E-state index is 10.7. The molecule has 0 amide bonds. The molecule has 22 heavy (non-hydrogen) atoms. The maximum Gasteiger partial charge on any atom is 0.143 e. The summed E-state index contributed by atoms with van der Waals surface area (Å²) in [7, 11) is 4.08. The molecule has 116 valence electrons. The third-order valence-electron chi connectivity index (χ3n) is 3.92. The molecule has 0 bridgehead atoms. The maximum atomic E-state index is 10.7. The van der Waals surface area contributed by atoms with E-state index in [-0.39, 0.29) is 5.41 Å². The lowest BCUT2D eigenvalue weighted by atomic mass is 9.75. The SMILES string of the molecule is CN(C)c1ccc(/C=C/C2=CC(=C/C=O)/CC(C)(C)C2)cc1. The van der Waals surface area contributed by atoms with Crippen molar-refractivity contribution >= 4 is 18.0 Å². The minimum absolute atomic E-state index is 0.206. The molecule has 2 rings (SSSR count). The van der Waals surface area contributed by atoms with Gasteiger partial charge in [-0.1, -0.05) is 44.2 Å².